The summed E-state index contributed by atoms with van der Waals surface area (Å²) in [4.78, 5) is 0. The maximum Gasteiger partial charge on any atom is 0.230 e. The van der Waals surface area contributed by atoms with E-state index in [0.717, 1.165) is 15.6 Å². The molecular weight excluding hydrogens is 375 g/mol. The van der Waals surface area contributed by atoms with Gasteiger partial charge in [-0.1, -0.05) is 56.4 Å². The van der Waals surface area contributed by atoms with E-state index < -0.39 is 0 Å². The molecule has 0 unspecified atom stereocenters. The van der Waals surface area contributed by atoms with E-state index in [0.29, 0.717) is 21.3 Å². The number of hydrogen-bond acceptors (Lipinski definition) is 3. The molecule has 2 aromatic carbocycles. The van der Waals surface area contributed by atoms with Crippen molar-refractivity contribution in [1.29, 1.82) is 0 Å². The molecule has 0 amide bonds. The Kier molecular flexibility index (Phi) is 3.93. The van der Waals surface area contributed by atoms with E-state index in [1.54, 1.807) is 18.2 Å². The first kappa shape index (κ1) is 14.4. The Morgan fingerprint density at radius 1 is 1.05 bits per heavy atom. The predicted octanol–water partition coefficient (Wildman–Crippen LogP) is 5.66. The van der Waals surface area contributed by atoms with Gasteiger partial charge in [0.15, 0.2) is 0 Å². The monoisotopic (exact) mass is 382 g/mol. The molecule has 6 heteroatoms. The first-order valence-corrected chi connectivity index (χ1v) is 7.57. The van der Waals surface area contributed by atoms with Crippen LogP contribution in [0.25, 0.3) is 22.4 Å². The van der Waals surface area contributed by atoms with Crippen LogP contribution in [0.3, 0.4) is 0 Å². The molecule has 1 heterocycles. The van der Waals surface area contributed by atoms with Gasteiger partial charge in [0.1, 0.15) is 5.69 Å². The quantitative estimate of drug-likeness (QED) is 0.621. The molecule has 0 spiro atoms. The summed E-state index contributed by atoms with van der Waals surface area (Å²) >= 11 is 15.6. The van der Waals surface area contributed by atoms with Crippen LogP contribution in [-0.2, 0) is 0 Å². The first-order chi connectivity index (χ1) is 10.1. The molecule has 0 fully saturated rings. The van der Waals surface area contributed by atoms with E-state index in [9.17, 15) is 0 Å². The van der Waals surface area contributed by atoms with Crippen molar-refractivity contribution in [3.8, 4) is 22.4 Å². The number of nitrogens with zero attached hydrogens (tertiary/aromatic N) is 1. The molecular formula is C15H9BrCl2N2O. The van der Waals surface area contributed by atoms with Crippen molar-refractivity contribution in [2.45, 2.75) is 0 Å². The summed E-state index contributed by atoms with van der Waals surface area (Å²) < 4.78 is 6.04. The lowest BCUT2D eigenvalue weighted by molar-refractivity contribution is 0.439. The average Bonchev–Trinajstić information content (AvgIpc) is 2.84. The minimum atomic E-state index is 0.239. The van der Waals surface area contributed by atoms with Gasteiger partial charge >= 0.3 is 0 Å². The largest absolute Gasteiger partial charge is 0.367 e. The number of benzene rings is 2. The Bertz CT molecular complexity index is 800. The summed E-state index contributed by atoms with van der Waals surface area (Å²) in [6.45, 7) is 0. The zero-order valence-corrected chi connectivity index (χ0v) is 13.7. The third-order valence-electron chi connectivity index (χ3n) is 3.03. The van der Waals surface area contributed by atoms with E-state index >= 15 is 0 Å². The second-order valence-electron chi connectivity index (χ2n) is 4.40. The van der Waals surface area contributed by atoms with Gasteiger partial charge < -0.3 is 10.3 Å². The molecule has 0 saturated heterocycles. The van der Waals surface area contributed by atoms with Crippen LogP contribution in [0, 0.1) is 0 Å². The summed E-state index contributed by atoms with van der Waals surface area (Å²) in [5.41, 5.74) is 8.83. The molecule has 0 atom stereocenters. The number of hydrogen-bond donors (Lipinski definition) is 1. The normalized spacial score (nSPS) is 10.8. The summed E-state index contributed by atoms with van der Waals surface area (Å²) in [5.74, 6) is 0.239. The Labute approximate surface area is 139 Å². The Balaban J connectivity index is 2.21. The topological polar surface area (TPSA) is 52.0 Å². The minimum absolute atomic E-state index is 0.239. The molecule has 3 aromatic rings. The van der Waals surface area contributed by atoms with E-state index in [1.165, 1.54) is 0 Å². The second kappa shape index (κ2) is 5.72. The second-order valence-corrected chi connectivity index (χ2v) is 6.16. The molecule has 0 aliphatic carbocycles. The molecule has 21 heavy (non-hydrogen) atoms. The number of aromatic nitrogens is 1. The maximum absolute atomic E-state index is 6.26. The zero-order chi connectivity index (χ0) is 15.0. The lowest BCUT2D eigenvalue weighted by Gasteiger charge is -2.05. The lowest BCUT2D eigenvalue weighted by atomic mass is 10.0. The van der Waals surface area contributed by atoms with Gasteiger partial charge in [0, 0.05) is 15.1 Å². The highest BCUT2D eigenvalue weighted by Gasteiger charge is 2.19. The smallest absolute Gasteiger partial charge is 0.230 e. The standard InChI is InChI=1S/C15H9BrCl2N2O/c16-9-3-6-12(18)11(7-9)14-13(15(19)21-20-14)8-1-4-10(17)5-2-8/h1-7H,19H2. The van der Waals surface area contributed by atoms with Crippen molar-refractivity contribution in [3.63, 3.8) is 0 Å². The van der Waals surface area contributed by atoms with Gasteiger partial charge in [0.2, 0.25) is 5.88 Å². The van der Waals surface area contributed by atoms with Crippen LogP contribution in [0.15, 0.2) is 51.5 Å². The number of nitrogen functional groups attached to an aromatic ring is 1. The fourth-order valence-corrected chi connectivity index (χ4v) is 2.76. The van der Waals surface area contributed by atoms with Crippen LogP contribution in [0.5, 0.6) is 0 Å². The Morgan fingerprint density at radius 2 is 1.76 bits per heavy atom. The highest BCUT2D eigenvalue weighted by atomic mass is 79.9. The molecule has 0 saturated carbocycles. The van der Waals surface area contributed by atoms with Crippen molar-refractivity contribution in [2.75, 3.05) is 5.73 Å². The molecule has 106 valence electrons. The van der Waals surface area contributed by atoms with Gasteiger partial charge in [-0.2, -0.15) is 0 Å². The molecule has 0 aliphatic rings. The van der Waals surface area contributed by atoms with Crippen molar-refractivity contribution in [3.05, 3.63) is 57.0 Å². The van der Waals surface area contributed by atoms with E-state index in [2.05, 4.69) is 21.1 Å². The predicted molar refractivity (Wildman–Crippen MR) is 89.5 cm³/mol. The van der Waals surface area contributed by atoms with Gasteiger partial charge in [-0.15, -0.1) is 0 Å². The molecule has 1 aromatic heterocycles. The summed E-state index contributed by atoms with van der Waals surface area (Å²) in [6.07, 6.45) is 0. The van der Waals surface area contributed by atoms with Gasteiger partial charge in [-0.25, -0.2) is 0 Å². The van der Waals surface area contributed by atoms with Crippen molar-refractivity contribution in [1.82, 2.24) is 5.16 Å². The summed E-state index contributed by atoms with van der Waals surface area (Å²) in [6, 6.07) is 12.8. The minimum Gasteiger partial charge on any atom is -0.367 e. The lowest BCUT2D eigenvalue weighted by Crippen LogP contribution is -1.88. The Morgan fingerprint density at radius 3 is 2.48 bits per heavy atom. The number of rotatable bonds is 2. The first-order valence-electron chi connectivity index (χ1n) is 6.03. The highest BCUT2D eigenvalue weighted by molar-refractivity contribution is 9.10. The van der Waals surface area contributed by atoms with Gasteiger partial charge in [-0.3, -0.25) is 0 Å². The fraction of sp³-hybridized carbons (Fsp3) is 0. The molecule has 0 radical (unpaired) electrons. The van der Waals surface area contributed by atoms with Gasteiger partial charge in [0.25, 0.3) is 0 Å². The zero-order valence-electron chi connectivity index (χ0n) is 10.6. The Hall–Kier alpha value is -1.49. The van der Waals surface area contributed by atoms with Crippen molar-refractivity contribution < 1.29 is 4.52 Å². The molecule has 3 nitrogen and oxygen atoms in total. The number of nitrogens with two attached hydrogens (primary N) is 1. The third-order valence-corrected chi connectivity index (χ3v) is 4.11. The molecule has 2 N–H and O–H groups in total. The van der Waals surface area contributed by atoms with E-state index in [1.807, 2.05) is 24.3 Å². The van der Waals surface area contributed by atoms with Crippen LogP contribution >= 0.6 is 39.1 Å². The third kappa shape index (κ3) is 2.79. The van der Waals surface area contributed by atoms with Crippen molar-refractivity contribution >= 4 is 45.0 Å². The SMILES string of the molecule is Nc1onc(-c2cc(Br)ccc2Cl)c1-c1ccc(Cl)cc1. The molecule has 0 aliphatic heterocycles. The van der Waals surface area contributed by atoms with Crippen molar-refractivity contribution in [2.24, 2.45) is 0 Å². The van der Waals surface area contributed by atoms with Crippen LogP contribution < -0.4 is 5.73 Å². The summed E-state index contributed by atoms with van der Waals surface area (Å²) in [7, 11) is 0. The maximum atomic E-state index is 6.26. The molecule has 3 rings (SSSR count). The van der Waals surface area contributed by atoms with Crippen LogP contribution in [-0.4, -0.2) is 5.16 Å². The van der Waals surface area contributed by atoms with E-state index in [4.69, 9.17) is 33.5 Å². The average molecular weight is 384 g/mol. The van der Waals surface area contributed by atoms with E-state index in [-0.39, 0.29) is 5.88 Å². The van der Waals surface area contributed by atoms with Crippen LogP contribution in [0.2, 0.25) is 10.0 Å². The number of anilines is 1. The van der Waals surface area contributed by atoms with Crippen LogP contribution in [0.4, 0.5) is 5.88 Å². The van der Waals surface area contributed by atoms with Crippen LogP contribution in [0.1, 0.15) is 0 Å². The van der Waals surface area contributed by atoms with Gasteiger partial charge in [0.05, 0.1) is 10.6 Å². The number of halogens is 3. The summed E-state index contributed by atoms with van der Waals surface area (Å²) in [5, 5.41) is 5.27. The molecule has 0 bridgehead atoms. The fourth-order valence-electron chi connectivity index (χ4n) is 2.06. The van der Waals surface area contributed by atoms with Gasteiger partial charge in [-0.05, 0) is 35.9 Å². The highest BCUT2D eigenvalue weighted by Crippen LogP contribution is 2.40.